The third-order valence-electron chi connectivity index (χ3n) is 3.92. The zero-order valence-electron chi connectivity index (χ0n) is 18.6. The summed E-state index contributed by atoms with van der Waals surface area (Å²) in [5.41, 5.74) is -1.05. The lowest BCUT2D eigenvalue weighted by Gasteiger charge is -2.29. The van der Waals surface area contributed by atoms with Crippen LogP contribution < -0.4 is 16.0 Å². The number of rotatable bonds is 8. The number of nitrogens with zero attached hydrogens (tertiary/aromatic N) is 4. The number of aliphatic imine (C=N–C) groups is 1. The number of guanidine groups is 1. The Bertz CT molecular complexity index is 660. The van der Waals surface area contributed by atoms with Crippen LogP contribution in [0.2, 0.25) is 0 Å². The normalized spacial score (nSPS) is 12.6. The summed E-state index contributed by atoms with van der Waals surface area (Å²) >= 11 is 0. The first-order chi connectivity index (χ1) is 12.9. The van der Waals surface area contributed by atoms with Crippen LogP contribution in [0.15, 0.2) is 4.99 Å². The SMILES string of the molecule is CCCCNC(=NCc1nnc(C)n1C)NCC(C)(C)NC(=O)OC(C)(C)C. The molecule has 3 N–H and O–H groups in total. The van der Waals surface area contributed by atoms with Gasteiger partial charge in [0.05, 0.1) is 5.54 Å². The summed E-state index contributed by atoms with van der Waals surface area (Å²) < 4.78 is 7.26. The Morgan fingerprint density at radius 1 is 1.18 bits per heavy atom. The number of nitrogens with one attached hydrogen (secondary N) is 3. The summed E-state index contributed by atoms with van der Waals surface area (Å²) in [7, 11) is 1.92. The fourth-order valence-electron chi connectivity index (χ4n) is 2.23. The van der Waals surface area contributed by atoms with Crippen molar-refractivity contribution in [1.29, 1.82) is 0 Å². The van der Waals surface area contributed by atoms with Crippen LogP contribution in [0, 0.1) is 6.92 Å². The second kappa shape index (κ2) is 10.3. The third kappa shape index (κ3) is 9.05. The summed E-state index contributed by atoms with van der Waals surface area (Å²) in [6.45, 7) is 15.2. The molecule has 0 spiro atoms. The molecule has 0 aromatic carbocycles. The predicted molar refractivity (Wildman–Crippen MR) is 111 cm³/mol. The van der Waals surface area contributed by atoms with Crippen molar-refractivity contribution >= 4 is 12.1 Å². The van der Waals surface area contributed by atoms with Crippen LogP contribution in [0.3, 0.4) is 0 Å². The van der Waals surface area contributed by atoms with Gasteiger partial charge in [-0.1, -0.05) is 13.3 Å². The smallest absolute Gasteiger partial charge is 0.408 e. The van der Waals surface area contributed by atoms with Gasteiger partial charge in [-0.25, -0.2) is 9.79 Å². The van der Waals surface area contributed by atoms with Gasteiger partial charge in [-0.3, -0.25) is 0 Å². The molecule has 0 saturated heterocycles. The van der Waals surface area contributed by atoms with Crippen molar-refractivity contribution < 1.29 is 9.53 Å². The first-order valence-electron chi connectivity index (χ1n) is 9.82. The number of unbranched alkanes of at least 4 members (excludes halogenated alkanes) is 1. The predicted octanol–water partition coefficient (Wildman–Crippen LogP) is 2.26. The topological polar surface area (TPSA) is 105 Å². The number of ether oxygens (including phenoxy) is 1. The molecule has 1 amide bonds. The lowest BCUT2D eigenvalue weighted by molar-refractivity contribution is 0.0474. The molecule has 0 fully saturated rings. The Labute approximate surface area is 168 Å². The molecule has 0 aliphatic carbocycles. The average molecular weight is 396 g/mol. The van der Waals surface area contributed by atoms with Crippen molar-refractivity contribution in [2.24, 2.45) is 12.0 Å². The molecule has 0 bridgehead atoms. The van der Waals surface area contributed by atoms with Crippen molar-refractivity contribution in [3.05, 3.63) is 11.6 Å². The Balaban J connectivity index is 2.70. The molecule has 1 aromatic rings. The molecular formula is C19H37N7O2. The van der Waals surface area contributed by atoms with Crippen LogP contribution in [0.5, 0.6) is 0 Å². The minimum atomic E-state index is -0.532. The lowest BCUT2D eigenvalue weighted by Crippen LogP contribution is -2.54. The first kappa shape index (κ1) is 23.7. The largest absolute Gasteiger partial charge is 0.444 e. The van der Waals surface area contributed by atoms with E-state index in [1.165, 1.54) is 0 Å². The second-order valence-electron chi connectivity index (χ2n) is 8.53. The number of aromatic nitrogens is 3. The van der Waals surface area contributed by atoms with E-state index in [2.05, 4.69) is 38.1 Å². The fourth-order valence-corrected chi connectivity index (χ4v) is 2.23. The molecule has 0 aliphatic heterocycles. The summed E-state index contributed by atoms with van der Waals surface area (Å²) in [6.07, 6.45) is 1.70. The fraction of sp³-hybridized carbons (Fsp3) is 0.789. The van der Waals surface area contributed by atoms with Crippen molar-refractivity contribution in [3.63, 3.8) is 0 Å². The highest BCUT2D eigenvalue weighted by Gasteiger charge is 2.24. The molecule has 0 unspecified atom stereocenters. The minimum Gasteiger partial charge on any atom is -0.444 e. The second-order valence-corrected chi connectivity index (χ2v) is 8.53. The van der Waals surface area contributed by atoms with E-state index in [0.29, 0.717) is 19.0 Å². The van der Waals surface area contributed by atoms with Gasteiger partial charge in [0.25, 0.3) is 0 Å². The van der Waals surface area contributed by atoms with E-state index in [9.17, 15) is 4.79 Å². The van der Waals surface area contributed by atoms with Gasteiger partial charge in [0.15, 0.2) is 11.8 Å². The minimum absolute atomic E-state index is 0.415. The van der Waals surface area contributed by atoms with Gasteiger partial charge < -0.3 is 25.3 Å². The van der Waals surface area contributed by atoms with Crippen molar-refractivity contribution in [2.45, 2.75) is 79.0 Å². The van der Waals surface area contributed by atoms with Crippen LogP contribution >= 0.6 is 0 Å². The summed E-state index contributed by atoms with van der Waals surface area (Å²) in [5, 5.41) is 17.7. The Hall–Kier alpha value is -2.32. The maximum Gasteiger partial charge on any atom is 0.408 e. The highest BCUT2D eigenvalue weighted by Crippen LogP contribution is 2.09. The third-order valence-corrected chi connectivity index (χ3v) is 3.92. The maximum atomic E-state index is 12.1. The van der Waals surface area contributed by atoms with Crippen LogP contribution in [0.25, 0.3) is 0 Å². The summed E-state index contributed by atoms with van der Waals surface area (Å²) in [4.78, 5) is 16.7. The molecule has 1 rings (SSSR count). The number of amides is 1. The molecule has 160 valence electrons. The first-order valence-corrected chi connectivity index (χ1v) is 9.82. The monoisotopic (exact) mass is 395 g/mol. The number of carbonyl (C=O) groups is 1. The summed E-state index contributed by atoms with van der Waals surface area (Å²) in [6, 6.07) is 0. The molecule has 28 heavy (non-hydrogen) atoms. The van der Waals surface area contributed by atoms with E-state index < -0.39 is 17.2 Å². The Kier molecular flexibility index (Phi) is 8.71. The van der Waals surface area contributed by atoms with E-state index in [0.717, 1.165) is 31.0 Å². The molecule has 1 aromatic heterocycles. The molecule has 0 aliphatic rings. The van der Waals surface area contributed by atoms with Crippen LogP contribution in [-0.4, -0.2) is 51.0 Å². The van der Waals surface area contributed by atoms with Crippen LogP contribution in [0.4, 0.5) is 4.79 Å². The van der Waals surface area contributed by atoms with Gasteiger partial charge in [-0.15, -0.1) is 10.2 Å². The molecule has 9 nitrogen and oxygen atoms in total. The van der Waals surface area contributed by atoms with Crippen molar-refractivity contribution in [1.82, 2.24) is 30.7 Å². The number of hydrogen-bond donors (Lipinski definition) is 3. The number of hydrogen-bond acceptors (Lipinski definition) is 5. The van der Waals surface area contributed by atoms with Gasteiger partial charge in [-0.05, 0) is 48.0 Å². The van der Waals surface area contributed by atoms with Crippen LogP contribution in [0.1, 0.15) is 66.0 Å². The van der Waals surface area contributed by atoms with Gasteiger partial charge >= 0.3 is 6.09 Å². The van der Waals surface area contributed by atoms with Gasteiger partial charge in [0, 0.05) is 20.1 Å². The van der Waals surface area contributed by atoms with E-state index in [-0.39, 0.29) is 0 Å². The van der Waals surface area contributed by atoms with E-state index in [4.69, 9.17) is 4.74 Å². The van der Waals surface area contributed by atoms with Crippen molar-refractivity contribution in [3.8, 4) is 0 Å². The van der Waals surface area contributed by atoms with Crippen LogP contribution in [-0.2, 0) is 18.3 Å². The maximum absolute atomic E-state index is 12.1. The van der Waals surface area contributed by atoms with E-state index >= 15 is 0 Å². The quantitative estimate of drug-likeness (QED) is 0.354. The summed E-state index contributed by atoms with van der Waals surface area (Å²) in [5.74, 6) is 2.31. The van der Waals surface area contributed by atoms with Gasteiger partial charge in [0.1, 0.15) is 18.0 Å². The Morgan fingerprint density at radius 3 is 2.39 bits per heavy atom. The number of aryl methyl sites for hydroxylation is 1. The van der Waals surface area contributed by atoms with E-state index in [1.54, 1.807) is 0 Å². The Morgan fingerprint density at radius 2 is 1.86 bits per heavy atom. The highest BCUT2D eigenvalue weighted by atomic mass is 16.6. The van der Waals surface area contributed by atoms with Gasteiger partial charge in [0.2, 0.25) is 0 Å². The standard InChI is InChI=1S/C19H37N7O2/c1-9-10-11-20-16(21-12-15-25-24-14(2)26(15)8)22-13-19(6,7)23-17(27)28-18(3,4)5/h9-13H2,1-8H3,(H,23,27)(H2,20,21,22). The zero-order valence-corrected chi connectivity index (χ0v) is 18.6. The highest BCUT2D eigenvalue weighted by molar-refractivity contribution is 5.80. The number of carbonyl (C=O) groups excluding carboxylic acids is 1. The molecular weight excluding hydrogens is 358 g/mol. The van der Waals surface area contributed by atoms with Crippen molar-refractivity contribution in [2.75, 3.05) is 13.1 Å². The average Bonchev–Trinajstić information content (AvgIpc) is 2.86. The van der Waals surface area contributed by atoms with Gasteiger partial charge in [-0.2, -0.15) is 0 Å². The van der Waals surface area contributed by atoms with E-state index in [1.807, 2.05) is 53.2 Å². The molecule has 1 heterocycles. The molecule has 9 heteroatoms. The zero-order chi connectivity index (χ0) is 21.4. The molecule has 0 atom stereocenters. The molecule has 0 saturated carbocycles. The lowest BCUT2D eigenvalue weighted by atomic mass is 10.1. The number of alkyl carbamates (subject to hydrolysis) is 1. The molecule has 0 radical (unpaired) electrons.